The highest BCUT2D eigenvalue weighted by molar-refractivity contribution is 5.28. The molecule has 2 rings (SSSR count). The van der Waals surface area contributed by atoms with Crippen LogP contribution in [0.2, 0.25) is 0 Å². The van der Waals surface area contributed by atoms with Gasteiger partial charge in [0.05, 0.1) is 6.61 Å². The standard InChI is InChI=1S/C18H18FNO2/c1-2-9-22-17-6-3-14(4-7-17)11-20-12-15-5-8-18(19)16(10-15)13-21/h1,3-8,10,20-21H,9,11-13H2. The Morgan fingerprint density at radius 3 is 2.45 bits per heavy atom. The van der Waals surface area contributed by atoms with Crippen molar-refractivity contribution in [1.82, 2.24) is 5.32 Å². The van der Waals surface area contributed by atoms with Crippen molar-refractivity contribution in [2.24, 2.45) is 0 Å². The fraction of sp³-hybridized carbons (Fsp3) is 0.222. The molecular formula is C18H18FNO2. The molecule has 0 amide bonds. The van der Waals surface area contributed by atoms with Crippen molar-refractivity contribution in [3.05, 3.63) is 65.0 Å². The molecule has 22 heavy (non-hydrogen) atoms. The quantitative estimate of drug-likeness (QED) is 0.772. The highest BCUT2D eigenvalue weighted by atomic mass is 19.1. The third kappa shape index (κ3) is 4.59. The van der Waals surface area contributed by atoms with Gasteiger partial charge in [0.1, 0.15) is 18.2 Å². The third-order valence-electron chi connectivity index (χ3n) is 3.18. The molecule has 2 N–H and O–H groups in total. The van der Waals surface area contributed by atoms with Gasteiger partial charge in [-0.05, 0) is 35.4 Å². The van der Waals surface area contributed by atoms with E-state index >= 15 is 0 Å². The molecule has 0 bridgehead atoms. The molecule has 0 aromatic heterocycles. The molecule has 0 radical (unpaired) electrons. The first-order valence-corrected chi connectivity index (χ1v) is 6.97. The van der Waals surface area contributed by atoms with Gasteiger partial charge >= 0.3 is 0 Å². The van der Waals surface area contributed by atoms with Gasteiger partial charge in [-0.2, -0.15) is 0 Å². The first kappa shape index (κ1) is 16.0. The molecule has 114 valence electrons. The Kier molecular flexibility index (Phi) is 5.96. The summed E-state index contributed by atoms with van der Waals surface area (Å²) in [5.74, 6) is 2.78. The second kappa shape index (κ2) is 8.18. The van der Waals surface area contributed by atoms with Crippen molar-refractivity contribution in [2.45, 2.75) is 19.7 Å². The predicted molar refractivity (Wildman–Crippen MR) is 83.6 cm³/mol. The minimum atomic E-state index is -0.381. The number of nitrogens with one attached hydrogen (secondary N) is 1. The van der Waals surface area contributed by atoms with Crippen LogP contribution < -0.4 is 10.1 Å². The second-order valence-corrected chi connectivity index (χ2v) is 4.82. The molecule has 4 heteroatoms. The Labute approximate surface area is 129 Å². The molecule has 0 unspecified atom stereocenters. The molecule has 0 aliphatic heterocycles. The zero-order valence-corrected chi connectivity index (χ0v) is 12.2. The molecule has 0 aliphatic carbocycles. The topological polar surface area (TPSA) is 41.5 Å². The Morgan fingerprint density at radius 1 is 1.09 bits per heavy atom. The number of rotatable bonds is 7. The molecule has 2 aromatic carbocycles. The molecule has 0 saturated carbocycles. The largest absolute Gasteiger partial charge is 0.481 e. The summed E-state index contributed by atoms with van der Waals surface area (Å²) in [4.78, 5) is 0. The summed E-state index contributed by atoms with van der Waals surface area (Å²) in [5.41, 5.74) is 2.35. The summed E-state index contributed by atoms with van der Waals surface area (Å²) in [6.07, 6.45) is 5.13. The molecule has 0 spiro atoms. The van der Waals surface area contributed by atoms with Gasteiger partial charge in [-0.25, -0.2) is 4.39 Å². The number of terminal acetylenes is 1. The smallest absolute Gasteiger partial charge is 0.148 e. The van der Waals surface area contributed by atoms with Gasteiger partial charge in [-0.1, -0.05) is 24.1 Å². The summed E-state index contributed by atoms with van der Waals surface area (Å²) in [7, 11) is 0. The van der Waals surface area contributed by atoms with Crippen molar-refractivity contribution in [3.63, 3.8) is 0 Å². The van der Waals surface area contributed by atoms with E-state index < -0.39 is 0 Å². The molecule has 0 saturated heterocycles. The van der Waals surface area contributed by atoms with Gasteiger partial charge in [-0.15, -0.1) is 6.42 Å². The Bertz CT molecular complexity index is 647. The maximum atomic E-state index is 13.3. The molecule has 0 atom stereocenters. The number of aliphatic hydroxyl groups is 1. The zero-order chi connectivity index (χ0) is 15.8. The van der Waals surface area contributed by atoms with Crippen molar-refractivity contribution in [3.8, 4) is 18.1 Å². The Morgan fingerprint density at radius 2 is 1.77 bits per heavy atom. The summed E-state index contributed by atoms with van der Waals surface area (Å²) >= 11 is 0. The van der Waals surface area contributed by atoms with Crippen molar-refractivity contribution in [2.75, 3.05) is 6.61 Å². The molecule has 0 aliphatic rings. The lowest BCUT2D eigenvalue weighted by Crippen LogP contribution is -2.13. The maximum Gasteiger partial charge on any atom is 0.148 e. The van der Waals surface area contributed by atoms with Crippen LogP contribution in [0.3, 0.4) is 0 Å². The summed E-state index contributed by atoms with van der Waals surface area (Å²) in [6.45, 7) is 1.25. The minimum Gasteiger partial charge on any atom is -0.481 e. The second-order valence-electron chi connectivity index (χ2n) is 4.82. The minimum absolute atomic E-state index is 0.259. The average Bonchev–Trinajstić information content (AvgIpc) is 2.55. The first-order chi connectivity index (χ1) is 10.7. The van der Waals surface area contributed by atoms with Crippen LogP contribution in [0.4, 0.5) is 4.39 Å². The van der Waals surface area contributed by atoms with Crippen LogP contribution in [0.25, 0.3) is 0 Å². The number of hydrogen-bond donors (Lipinski definition) is 2. The van der Waals surface area contributed by atoms with Gasteiger partial charge in [0.15, 0.2) is 0 Å². The number of aliphatic hydroxyl groups excluding tert-OH is 1. The number of benzene rings is 2. The van der Waals surface area contributed by atoms with Crippen LogP contribution in [-0.2, 0) is 19.7 Å². The van der Waals surface area contributed by atoms with Gasteiger partial charge in [0.2, 0.25) is 0 Å². The van der Waals surface area contributed by atoms with Crippen LogP contribution in [0, 0.1) is 18.2 Å². The summed E-state index contributed by atoms with van der Waals surface area (Å²) in [6, 6.07) is 12.4. The molecule has 0 fully saturated rings. The number of halogens is 1. The SMILES string of the molecule is C#CCOc1ccc(CNCc2ccc(F)c(CO)c2)cc1. The lowest BCUT2D eigenvalue weighted by Gasteiger charge is -2.08. The van der Waals surface area contributed by atoms with E-state index in [0.29, 0.717) is 18.7 Å². The van der Waals surface area contributed by atoms with E-state index in [4.69, 9.17) is 16.3 Å². The van der Waals surface area contributed by atoms with Crippen molar-refractivity contribution < 1.29 is 14.2 Å². The fourth-order valence-electron chi connectivity index (χ4n) is 2.04. The normalized spacial score (nSPS) is 10.2. The van der Waals surface area contributed by atoms with Crippen LogP contribution in [0.15, 0.2) is 42.5 Å². The van der Waals surface area contributed by atoms with Gasteiger partial charge in [0.25, 0.3) is 0 Å². The number of ether oxygens (including phenoxy) is 1. The highest BCUT2D eigenvalue weighted by Crippen LogP contribution is 2.13. The average molecular weight is 299 g/mol. The van der Waals surface area contributed by atoms with Crippen molar-refractivity contribution in [1.29, 1.82) is 0 Å². The first-order valence-electron chi connectivity index (χ1n) is 6.97. The fourth-order valence-corrected chi connectivity index (χ4v) is 2.04. The third-order valence-corrected chi connectivity index (χ3v) is 3.18. The van der Waals surface area contributed by atoms with E-state index in [2.05, 4.69) is 11.2 Å². The van der Waals surface area contributed by atoms with Crippen LogP contribution in [0.1, 0.15) is 16.7 Å². The van der Waals surface area contributed by atoms with Crippen LogP contribution in [0.5, 0.6) is 5.75 Å². The van der Waals surface area contributed by atoms with Crippen molar-refractivity contribution >= 4 is 0 Å². The van der Waals surface area contributed by atoms with Gasteiger partial charge in [-0.3, -0.25) is 0 Å². The zero-order valence-electron chi connectivity index (χ0n) is 12.2. The van der Waals surface area contributed by atoms with Gasteiger partial charge < -0.3 is 15.2 Å². The van der Waals surface area contributed by atoms with Crippen LogP contribution >= 0.6 is 0 Å². The maximum absolute atomic E-state index is 13.3. The molecule has 2 aromatic rings. The highest BCUT2D eigenvalue weighted by Gasteiger charge is 2.02. The predicted octanol–water partition coefficient (Wildman–Crippen LogP) is 2.62. The summed E-state index contributed by atoms with van der Waals surface area (Å²) < 4.78 is 18.6. The Balaban J connectivity index is 1.84. The van der Waals surface area contributed by atoms with Crippen LogP contribution in [-0.4, -0.2) is 11.7 Å². The van der Waals surface area contributed by atoms with Gasteiger partial charge in [0, 0.05) is 18.7 Å². The summed E-state index contributed by atoms with van der Waals surface area (Å²) in [5, 5.41) is 12.3. The van der Waals surface area contributed by atoms with E-state index in [1.54, 1.807) is 12.1 Å². The molecular weight excluding hydrogens is 281 g/mol. The molecule has 3 nitrogen and oxygen atoms in total. The lowest BCUT2D eigenvalue weighted by molar-refractivity contribution is 0.275. The lowest BCUT2D eigenvalue weighted by atomic mass is 10.1. The van der Waals surface area contributed by atoms with E-state index in [0.717, 1.165) is 16.9 Å². The molecule has 0 heterocycles. The number of hydrogen-bond acceptors (Lipinski definition) is 3. The van der Waals surface area contributed by atoms with E-state index in [-0.39, 0.29) is 19.0 Å². The van der Waals surface area contributed by atoms with E-state index in [1.165, 1.54) is 6.07 Å². The monoisotopic (exact) mass is 299 g/mol. The van der Waals surface area contributed by atoms with E-state index in [9.17, 15) is 4.39 Å². The van der Waals surface area contributed by atoms with E-state index in [1.807, 2.05) is 24.3 Å². The Hall–Kier alpha value is -2.35.